The van der Waals surface area contributed by atoms with Gasteiger partial charge >= 0.3 is 41.6 Å². The summed E-state index contributed by atoms with van der Waals surface area (Å²) < 4.78 is 169. The first-order valence-corrected chi connectivity index (χ1v) is 9.57. The summed E-state index contributed by atoms with van der Waals surface area (Å²) in [7, 11) is 0. The number of halogens is 12. The molecule has 0 bridgehead atoms. The van der Waals surface area contributed by atoms with Crippen LogP contribution in [0.15, 0.2) is 0 Å². The molecule has 1 amide bonds. The Morgan fingerprint density at radius 1 is 0.758 bits per heavy atom. The molecule has 0 radical (unpaired) electrons. The van der Waals surface area contributed by atoms with E-state index < -0.39 is 67.3 Å². The van der Waals surface area contributed by atoms with Gasteiger partial charge in [0.2, 0.25) is 6.23 Å². The minimum absolute atomic E-state index is 0.195. The van der Waals surface area contributed by atoms with Crippen LogP contribution in [0.25, 0.3) is 0 Å². The summed E-state index contributed by atoms with van der Waals surface area (Å²) in [5.41, 5.74) is 0. The van der Waals surface area contributed by atoms with Crippen molar-refractivity contribution in [3.63, 3.8) is 0 Å². The number of alkyl halides is 12. The van der Waals surface area contributed by atoms with Gasteiger partial charge in [0, 0.05) is 6.42 Å². The smallest absolute Gasteiger partial charge is 0.409 e. The maximum atomic E-state index is 13.8. The maximum absolute atomic E-state index is 13.8. The van der Waals surface area contributed by atoms with Crippen LogP contribution in [0.5, 0.6) is 0 Å². The molecule has 0 aliphatic heterocycles. The van der Waals surface area contributed by atoms with Crippen LogP contribution in [0, 0.1) is 0 Å². The third kappa shape index (κ3) is 5.91. The predicted molar refractivity (Wildman–Crippen MR) is 89.2 cm³/mol. The summed E-state index contributed by atoms with van der Waals surface area (Å²) in [6.07, 6.45) is -8.43. The van der Waals surface area contributed by atoms with E-state index in [0.29, 0.717) is 18.2 Å². The van der Waals surface area contributed by atoms with Crippen molar-refractivity contribution in [2.45, 2.75) is 94.1 Å². The van der Waals surface area contributed by atoms with Gasteiger partial charge in [0.25, 0.3) is 0 Å². The first kappa shape index (κ1) is 31.4. The largest absolute Gasteiger partial charge is 0.450 e. The highest BCUT2D eigenvalue weighted by Crippen LogP contribution is 2.61. The molecular weight excluding hydrogens is 494 g/mol. The van der Waals surface area contributed by atoms with Gasteiger partial charge in [-0.2, -0.15) is 52.7 Å². The Kier molecular flexibility index (Phi) is 10.2. The van der Waals surface area contributed by atoms with E-state index >= 15 is 0 Å². The van der Waals surface area contributed by atoms with Gasteiger partial charge in [0.05, 0.1) is 6.61 Å². The van der Waals surface area contributed by atoms with Crippen molar-refractivity contribution in [2.75, 3.05) is 6.61 Å². The zero-order chi connectivity index (χ0) is 26.5. The molecule has 0 heterocycles. The molecule has 0 aliphatic rings. The monoisotopic (exact) mass is 517 g/mol. The molecule has 0 aromatic heterocycles. The van der Waals surface area contributed by atoms with E-state index in [1.165, 1.54) is 0 Å². The molecule has 0 aliphatic carbocycles. The van der Waals surface area contributed by atoms with Gasteiger partial charge in [-0.3, -0.25) is 5.32 Å². The van der Waals surface area contributed by atoms with Crippen molar-refractivity contribution in [3.8, 4) is 0 Å². The predicted octanol–water partition coefficient (Wildman–Crippen LogP) is 6.22. The van der Waals surface area contributed by atoms with E-state index in [2.05, 4.69) is 4.74 Å². The molecule has 1 atom stereocenters. The molecule has 1 unspecified atom stereocenters. The molecule has 0 rings (SSSR count). The highest BCUT2D eigenvalue weighted by molar-refractivity contribution is 5.67. The summed E-state index contributed by atoms with van der Waals surface area (Å²) in [4.78, 5) is 10.9. The van der Waals surface area contributed by atoms with Crippen LogP contribution >= 0.6 is 0 Å². The van der Waals surface area contributed by atoms with Crippen molar-refractivity contribution in [1.29, 1.82) is 0 Å². The normalized spacial score (nSPS) is 15.4. The van der Waals surface area contributed by atoms with Crippen LogP contribution in [0.3, 0.4) is 0 Å². The quantitative estimate of drug-likeness (QED) is 0.163. The highest BCUT2D eigenvalue weighted by atomic mass is 19.4. The number of aliphatic hydroxyl groups is 1. The lowest BCUT2D eigenvalue weighted by Gasteiger charge is -2.42. The first-order valence-electron chi connectivity index (χ1n) is 9.57. The minimum Gasteiger partial charge on any atom is -0.450 e. The second-order valence-electron chi connectivity index (χ2n) is 7.06. The van der Waals surface area contributed by atoms with Crippen LogP contribution in [0.1, 0.15) is 52.4 Å². The second-order valence-corrected chi connectivity index (χ2v) is 7.06. The molecule has 4 nitrogen and oxygen atoms in total. The summed E-state index contributed by atoms with van der Waals surface area (Å²) in [6, 6.07) is 0. The van der Waals surface area contributed by atoms with Crippen LogP contribution in [0.4, 0.5) is 57.5 Å². The third-order valence-corrected chi connectivity index (χ3v) is 4.53. The van der Waals surface area contributed by atoms with E-state index in [1.807, 2.05) is 0 Å². The molecule has 2 N–H and O–H groups in total. The number of ether oxygens (including phenoxy) is 1. The van der Waals surface area contributed by atoms with E-state index in [-0.39, 0.29) is 12.8 Å². The van der Waals surface area contributed by atoms with Crippen molar-refractivity contribution in [2.24, 2.45) is 0 Å². The molecule has 0 spiro atoms. The molecule has 16 heteroatoms. The van der Waals surface area contributed by atoms with E-state index in [0.717, 1.165) is 6.92 Å². The number of hydrogen-bond donors (Lipinski definition) is 2. The number of unbranched alkanes of at least 4 members (excludes halogenated alkanes) is 4. The standard InChI is InChI=1S/C17H23F12NO3/c1-3-5-6-7-8-9-12(18,19)14(22,23)16(26,27)17(28,29)15(24,25)13(20,21)10(31)30-11(32)33-4-2/h10,31H,3-9H2,1-2H3,(H,30,32). The zero-order valence-corrected chi connectivity index (χ0v) is 17.3. The van der Waals surface area contributed by atoms with Crippen LogP contribution < -0.4 is 5.32 Å². The van der Waals surface area contributed by atoms with Crippen molar-refractivity contribution in [1.82, 2.24) is 5.32 Å². The number of alkyl carbamates (subject to hydrolysis) is 1. The SMILES string of the molecule is CCCCCCCC(F)(F)C(F)(F)C(F)(F)C(F)(F)C(F)(F)C(F)(F)C(O)NC(=O)OCC. The summed E-state index contributed by atoms with van der Waals surface area (Å²) in [5.74, 6) is -43.0. The molecule has 0 aromatic rings. The van der Waals surface area contributed by atoms with Crippen LogP contribution in [0.2, 0.25) is 0 Å². The Hall–Kier alpha value is -1.61. The highest BCUT2D eigenvalue weighted by Gasteiger charge is 2.90. The topological polar surface area (TPSA) is 58.6 Å². The average Bonchev–Trinajstić information content (AvgIpc) is 2.66. The fraction of sp³-hybridized carbons (Fsp3) is 0.941. The Morgan fingerprint density at radius 3 is 1.67 bits per heavy atom. The molecule has 0 fully saturated rings. The van der Waals surface area contributed by atoms with Gasteiger partial charge in [-0.05, 0) is 13.3 Å². The Morgan fingerprint density at radius 2 is 1.21 bits per heavy atom. The lowest BCUT2D eigenvalue weighted by atomic mass is 9.89. The number of aliphatic hydroxyl groups excluding tert-OH is 1. The molecule has 0 saturated heterocycles. The lowest BCUT2D eigenvalue weighted by Crippen LogP contribution is -2.73. The second kappa shape index (κ2) is 10.8. The third-order valence-electron chi connectivity index (χ3n) is 4.53. The Bertz CT molecular complexity index is 643. The van der Waals surface area contributed by atoms with E-state index in [1.54, 1.807) is 6.92 Å². The summed E-state index contributed by atoms with van der Waals surface area (Å²) in [6.45, 7) is 2.13. The Labute approximate surface area is 180 Å². The average molecular weight is 517 g/mol. The minimum atomic E-state index is -7.82. The van der Waals surface area contributed by atoms with Gasteiger partial charge in [0.1, 0.15) is 0 Å². The van der Waals surface area contributed by atoms with Gasteiger partial charge in [-0.1, -0.05) is 32.6 Å². The van der Waals surface area contributed by atoms with Crippen LogP contribution in [-0.2, 0) is 4.74 Å². The lowest BCUT2D eigenvalue weighted by molar-refractivity contribution is -0.431. The summed E-state index contributed by atoms with van der Waals surface area (Å²) in [5, 5.41) is 9.45. The number of hydrogen-bond acceptors (Lipinski definition) is 3. The molecule has 0 saturated carbocycles. The van der Waals surface area contributed by atoms with Gasteiger partial charge in [-0.25, -0.2) is 4.79 Å². The molecule has 33 heavy (non-hydrogen) atoms. The van der Waals surface area contributed by atoms with Crippen LogP contribution in [-0.4, -0.2) is 59.6 Å². The van der Waals surface area contributed by atoms with Gasteiger partial charge in [0.15, 0.2) is 0 Å². The number of carbonyl (C=O) groups is 1. The Balaban J connectivity index is 5.96. The van der Waals surface area contributed by atoms with Gasteiger partial charge < -0.3 is 9.84 Å². The molecule has 0 aromatic carbocycles. The number of amides is 1. The number of carbonyl (C=O) groups excluding carboxylic acids is 1. The number of nitrogens with one attached hydrogen (secondary N) is 1. The van der Waals surface area contributed by atoms with E-state index in [9.17, 15) is 57.5 Å². The first-order chi connectivity index (χ1) is 14.7. The van der Waals surface area contributed by atoms with E-state index in [4.69, 9.17) is 5.11 Å². The molecule has 198 valence electrons. The van der Waals surface area contributed by atoms with Crippen molar-refractivity contribution >= 4 is 6.09 Å². The number of rotatable bonds is 14. The van der Waals surface area contributed by atoms with Gasteiger partial charge in [-0.15, -0.1) is 0 Å². The zero-order valence-electron chi connectivity index (χ0n) is 17.3. The fourth-order valence-electron chi connectivity index (χ4n) is 2.49. The maximum Gasteiger partial charge on any atom is 0.409 e. The summed E-state index contributed by atoms with van der Waals surface area (Å²) >= 11 is 0. The van der Waals surface area contributed by atoms with Crippen molar-refractivity contribution in [3.05, 3.63) is 0 Å². The fourth-order valence-corrected chi connectivity index (χ4v) is 2.49. The molecular formula is C17H23F12NO3. The van der Waals surface area contributed by atoms with Crippen molar-refractivity contribution < 1.29 is 67.3 Å².